The van der Waals surface area contributed by atoms with Crippen LogP contribution in [0.1, 0.15) is 41.5 Å². The number of nitrogens with zero attached hydrogens (tertiary/aromatic N) is 2. The van der Waals surface area contributed by atoms with E-state index < -0.39 is 75.0 Å². The Hall–Kier alpha value is -0.680. The molecule has 0 aromatic heterocycles. The van der Waals surface area contributed by atoms with Gasteiger partial charge in [-0.25, -0.2) is 16.8 Å². The summed E-state index contributed by atoms with van der Waals surface area (Å²) < 4.78 is 127. The van der Waals surface area contributed by atoms with Crippen LogP contribution >= 0.6 is 0 Å². The molecule has 0 amide bonds. The van der Waals surface area contributed by atoms with Crippen molar-refractivity contribution in [2.45, 2.75) is 74.8 Å². The molecule has 0 aliphatic carbocycles. The molecule has 1 saturated heterocycles. The van der Waals surface area contributed by atoms with Crippen LogP contribution in [0.15, 0.2) is 0 Å². The first kappa shape index (κ1) is 27.4. The quantitative estimate of drug-likeness (QED) is 0.561. The third-order valence-corrected chi connectivity index (χ3v) is 9.71. The zero-order valence-electron chi connectivity index (χ0n) is 16.9. The highest BCUT2D eigenvalue weighted by Gasteiger charge is 2.75. The van der Waals surface area contributed by atoms with Crippen LogP contribution in [0.5, 0.6) is 0 Å². The Bertz CT molecular complexity index is 814. The summed E-state index contributed by atoms with van der Waals surface area (Å²) in [6.07, 6.45) is -11.8. The van der Waals surface area contributed by atoms with Gasteiger partial charge in [0, 0.05) is 0 Å². The van der Waals surface area contributed by atoms with Crippen LogP contribution in [0, 0.1) is 0 Å². The Morgan fingerprint density at radius 2 is 0.833 bits per heavy atom. The number of aliphatic hydroxyl groups is 2. The van der Waals surface area contributed by atoms with E-state index in [2.05, 4.69) is 0 Å². The van der Waals surface area contributed by atoms with Crippen LogP contribution in [0.3, 0.4) is 0 Å². The standard InChI is InChI=1S/C14H24F6N2O6S2/c1-9(2,3)29(25,26)21-7-12(24,14(18,19)20)22(30(27,28)10(4,5)6)8-11(21,23)13(15,16)17/h23-24H,7-8H2,1-6H3/t11-,12+. The average molecular weight is 494 g/mol. The summed E-state index contributed by atoms with van der Waals surface area (Å²) in [5.74, 6) is 0. The van der Waals surface area contributed by atoms with E-state index in [1.807, 2.05) is 0 Å². The molecular weight excluding hydrogens is 470 g/mol. The lowest BCUT2D eigenvalue weighted by Crippen LogP contribution is -2.81. The van der Waals surface area contributed by atoms with Gasteiger partial charge in [-0.2, -0.15) is 35.0 Å². The summed E-state index contributed by atoms with van der Waals surface area (Å²) in [6.45, 7) is 0.332. The predicted molar refractivity (Wildman–Crippen MR) is 92.8 cm³/mol. The van der Waals surface area contributed by atoms with Crippen molar-refractivity contribution in [3.8, 4) is 0 Å². The number of β-amino-alcohol motifs (C(OH)–C–C–N with tert-alkyl or cyclic N) is 2. The van der Waals surface area contributed by atoms with Crippen LogP contribution in [-0.2, 0) is 20.0 Å². The summed E-state index contributed by atoms with van der Waals surface area (Å²) in [7, 11) is -10.7. The predicted octanol–water partition coefficient (Wildman–Crippen LogP) is 1.36. The molecule has 8 nitrogen and oxygen atoms in total. The zero-order valence-corrected chi connectivity index (χ0v) is 18.6. The third-order valence-electron chi connectivity index (χ3n) is 4.59. The van der Waals surface area contributed by atoms with Gasteiger partial charge in [-0.3, -0.25) is 0 Å². The van der Waals surface area contributed by atoms with Gasteiger partial charge in [-0.15, -0.1) is 0 Å². The minimum absolute atomic E-state index is 0.865. The molecule has 1 aliphatic heterocycles. The molecule has 1 heterocycles. The van der Waals surface area contributed by atoms with E-state index in [9.17, 15) is 53.4 Å². The van der Waals surface area contributed by atoms with Gasteiger partial charge in [0.05, 0.1) is 22.6 Å². The Morgan fingerprint density at radius 3 is 0.967 bits per heavy atom. The molecule has 0 aromatic rings. The SMILES string of the molecule is CC(C)(C)S(=O)(=O)N1C[C@@](O)(C(F)(F)F)N(S(=O)(=O)C(C)(C)C)C[C@]1(O)C(F)(F)F. The van der Waals surface area contributed by atoms with E-state index in [0.717, 1.165) is 41.5 Å². The highest BCUT2D eigenvalue weighted by atomic mass is 32.2. The minimum Gasteiger partial charge on any atom is -0.366 e. The molecule has 0 radical (unpaired) electrons. The monoisotopic (exact) mass is 494 g/mol. The van der Waals surface area contributed by atoms with E-state index in [1.54, 1.807) is 0 Å². The van der Waals surface area contributed by atoms with Gasteiger partial charge in [-0.05, 0) is 41.5 Å². The Morgan fingerprint density at radius 1 is 0.633 bits per heavy atom. The number of piperazine rings is 1. The summed E-state index contributed by atoms with van der Waals surface area (Å²) in [5, 5.41) is 20.6. The second kappa shape index (κ2) is 6.91. The largest absolute Gasteiger partial charge is 0.433 e. The van der Waals surface area contributed by atoms with Crippen molar-refractivity contribution >= 4 is 20.0 Å². The van der Waals surface area contributed by atoms with Crippen molar-refractivity contribution in [1.82, 2.24) is 8.61 Å². The number of sulfonamides is 2. The molecule has 180 valence electrons. The van der Waals surface area contributed by atoms with Crippen molar-refractivity contribution < 1.29 is 53.4 Å². The van der Waals surface area contributed by atoms with Gasteiger partial charge < -0.3 is 10.2 Å². The van der Waals surface area contributed by atoms with Crippen LogP contribution in [0.25, 0.3) is 0 Å². The number of hydrogen-bond donors (Lipinski definition) is 2. The average Bonchev–Trinajstić information content (AvgIpc) is 2.44. The molecule has 0 aromatic carbocycles. The number of alkyl halides is 6. The molecular formula is C14H24F6N2O6S2. The molecule has 2 N–H and O–H groups in total. The molecule has 0 spiro atoms. The molecule has 0 saturated carbocycles. The van der Waals surface area contributed by atoms with Gasteiger partial charge >= 0.3 is 12.4 Å². The Balaban J connectivity index is 4.01. The maximum Gasteiger partial charge on any atom is 0.433 e. The van der Waals surface area contributed by atoms with Gasteiger partial charge in [-0.1, -0.05) is 0 Å². The van der Waals surface area contributed by atoms with E-state index in [0.29, 0.717) is 0 Å². The zero-order chi connectivity index (χ0) is 24.6. The van der Waals surface area contributed by atoms with Crippen molar-refractivity contribution in [2.75, 3.05) is 13.1 Å². The fourth-order valence-corrected chi connectivity index (χ4v) is 5.65. The van der Waals surface area contributed by atoms with Crippen molar-refractivity contribution in [3.63, 3.8) is 0 Å². The van der Waals surface area contributed by atoms with Crippen LogP contribution < -0.4 is 0 Å². The second-order valence-electron chi connectivity index (χ2n) is 8.88. The maximum atomic E-state index is 13.8. The highest BCUT2D eigenvalue weighted by molar-refractivity contribution is 7.91. The second-order valence-corrected chi connectivity index (χ2v) is 14.1. The summed E-state index contributed by atoms with van der Waals surface area (Å²) >= 11 is 0. The van der Waals surface area contributed by atoms with Gasteiger partial charge in [0.15, 0.2) is 0 Å². The number of rotatable bonds is 2. The van der Waals surface area contributed by atoms with E-state index in [1.165, 1.54) is 0 Å². The molecule has 0 unspecified atom stereocenters. The van der Waals surface area contributed by atoms with E-state index in [-0.39, 0.29) is 0 Å². The normalized spacial score (nSPS) is 29.3. The van der Waals surface area contributed by atoms with Crippen molar-refractivity contribution in [1.29, 1.82) is 0 Å². The van der Waals surface area contributed by atoms with Gasteiger partial charge in [0.25, 0.3) is 0 Å². The molecule has 1 fully saturated rings. The van der Waals surface area contributed by atoms with Crippen LogP contribution in [0.4, 0.5) is 26.3 Å². The fraction of sp³-hybridized carbons (Fsp3) is 1.00. The molecule has 0 bridgehead atoms. The Kier molecular flexibility index (Phi) is 6.30. The smallest absolute Gasteiger partial charge is 0.366 e. The number of halogens is 6. The molecule has 1 aliphatic rings. The van der Waals surface area contributed by atoms with Crippen molar-refractivity contribution in [2.24, 2.45) is 0 Å². The van der Waals surface area contributed by atoms with Gasteiger partial charge in [0.2, 0.25) is 31.5 Å². The molecule has 30 heavy (non-hydrogen) atoms. The summed E-state index contributed by atoms with van der Waals surface area (Å²) in [4.78, 5) is 0. The van der Waals surface area contributed by atoms with Gasteiger partial charge in [0.1, 0.15) is 0 Å². The van der Waals surface area contributed by atoms with Crippen LogP contribution in [0.2, 0.25) is 0 Å². The first-order valence-electron chi connectivity index (χ1n) is 8.31. The Labute approximate surface area is 170 Å². The molecule has 2 atom stereocenters. The molecule has 16 heteroatoms. The number of hydrogen-bond acceptors (Lipinski definition) is 6. The van der Waals surface area contributed by atoms with Crippen LogP contribution in [-0.4, -0.2) is 82.0 Å². The summed E-state index contributed by atoms with van der Waals surface area (Å²) in [5.41, 5.74) is -9.15. The lowest BCUT2D eigenvalue weighted by molar-refractivity contribution is -0.368. The lowest BCUT2D eigenvalue weighted by Gasteiger charge is -2.55. The van der Waals surface area contributed by atoms with E-state index >= 15 is 0 Å². The molecule has 1 rings (SSSR count). The third kappa shape index (κ3) is 3.94. The maximum absolute atomic E-state index is 13.8. The lowest BCUT2D eigenvalue weighted by atomic mass is 10.0. The van der Waals surface area contributed by atoms with E-state index in [4.69, 9.17) is 0 Å². The first-order valence-corrected chi connectivity index (χ1v) is 11.2. The first-order chi connectivity index (χ1) is 12.7. The minimum atomic E-state index is -5.91. The highest BCUT2D eigenvalue weighted by Crippen LogP contribution is 2.49. The van der Waals surface area contributed by atoms with Crippen molar-refractivity contribution in [3.05, 3.63) is 0 Å². The fourth-order valence-electron chi connectivity index (χ4n) is 2.51. The topological polar surface area (TPSA) is 115 Å². The summed E-state index contributed by atoms with van der Waals surface area (Å²) in [6, 6.07) is 0.